The van der Waals surface area contributed by atoms with Crippen molar-refractivity contribution in [2.75, 3.05) is 44.6 Å². The number of para-hydroxylation sites is 1. The van der Waals surface area contributed by atoms with E-state index in [-0.39, 0.29) is 42.5 Å². The van der Waals surface area contributed by atoms with E-state index in [1.807, 2.05) is 42.2 Å². The average molecular weight is 377 g/mol. The number of nitrogens with one attached hydrogen (secondary N) is 1. The molecule has 6 nitrogen and oxygen atoms in total. The molecule has 24 heavy (non-hydrogen) atoms. The SMILES string of the molecule is CC(CN)C(=O)N1CCN(CC(=O)Nc2ccccc2)CC1.Cl.Cl. The van der Waals surface area contributed by atoms with Crippen molar-refractivity contribution < 1.29 is 9.59 Å². The first-order chi connectivity index (χ1) is 10.6. The topological polar surface area (TPSA) is 78.7 Å². The predicted molar refractivity (Wildman–Crippen MR) is 101 cm³/mol. The van der Waals surface area contributed by atoms with Gasteiger partial charge < -0.3 is 16.0 Å². The summed E-state index contributed by atoms with van der Waals surface area (Å²) in [4.78, 5) is 27.9. The summed E-state index contributed by atoms with van der Waals surface area (Å²) in [7, 11) is 0. The largest absolute Gasteiger partial charge is 0.340 e. The molecule has 2 rings (SSSR count). The molecule has 0 saturated carbocycles. The van der Waals surface area contributed by atoms with Crippen molar-refractivity contribution in [1.82, 2.24) is 9.80 Å². The van der Waals surface area contributed by atoms with Gasteiger partial charge in [0.05, 0.1) is 6.54 Å². The third-order valence-electron chi connectivity index (χ3n) is 3.88. The Labute approximate surface area is 155 Å². The van der Waals surface area contributed by atoms with Gasteiger partial charge in [0.1, 0.15) is 0 Å². The van der Waals surface area contributed by atoms with Gasteiger partial charge in [0.2, 0.25) is 11.8 Å². The highest BCUT2D eigenvalue weighted by Crippen LogP contribution is 2.08. The molecular formula is C16H26Cl2N4O2. The van der Waals surface area contributed by atoms with E-state index in [4.69, 9.17) is 5.73 Å². The second-order valence-electron chi connectivity index (χ2n) is 5.65. The van der Waals surface area contributed by atoms with Crippen molar-refractivity contribution in [1.29, 1.82) is 0 Å². The summed E-state index contributed by atoms with van der Waals surface area (Å²) in [5.74, 6) is -0.0508. The molecule has 1 aliphatic rings. The van der Waals surface area contributed by atoms with Gasteiger partial charge in [-0.1, -0.05) is 25.1 Å². The molecule has 2 amide bonds. The zero-order valence-electron chi connectivity index (χ0n) is 13.8. The maximum Gasteiger partial charge on any atom is 0.238 e. The minimum absolute atomic E-state index is 0. The molecule has 8 heteroatoms. The molecule has 0 radical (unpaired) electrons. The van der Waals surface area contributed by atoms with Crippen LogP contribution >= 0.6 is 24.8 Å². The first kappa shape index (κ1) is 22.7. The second kappa shape index (κ2) is 11.3. The molecule has 1 atom stereocenters. The molecule has 0 bridgehead atoms. The Kier molecular flexibility index (Phi) is 10.6. The van der Waals surface area contributed by atoms with Crippen molar-refractivity contribution >= 4 is 42.3 Å². The number of rotatable bonds is 5. The molecule has 1 aromatic carbocycles. The van der Waals surface area contributed by atoms with Crippen LogP contribution in [0.4, 0.5) is 5.69 Å². The summed E-state index contributed by atoms with van der Waals surface area (Å²) in [6.45, 7) is 5.31. The Hall–Kier alpha value is -1.34. The van der Waals surface area contributed by atoms with E-state index in [1.165, 1.54) is 0 Å². The zero-order chi connectivity index (χ0) is 15.9. The van der Waals surface area contributed by atoms with Crippen LogP contribution in [0.2, 0.25) is 0 Å². The molecule has 0 spiro atoms. The summed E-state index contributed by atoms with van der Waals surface area (Å²) >= 11 is 0. The van der Waals surface area contributed by atoms with E-state index in [9.17, 15) is 9.59 Å². The smallest absolute Gasteiger partial charge is 0.238 e. The van der Waals surface area contributed by atoms with Gasteiger partial charge in [-0.05, 0) is 12.1 Å². The zero-order valence-corrected chi connectivity index (χ0v) is 15.4. The summed E-state index contributed by atoms with van der Waals surface area (Å²) in [5.41, 5.74) is 6.34. The fourth-order valence-electron chi connectivity index (χ4n) is 2.46. The predicted octanol–water partition coefficient (Wildman–Crippen LogP) is 1.21. The molecule has 1 aliphatic heterocycles. The van der Waals surface area contributed by atoms with Crippen LogP contribution in [0.1, 0.15) is 6.92 Å². The van der Waals surface area contributed by atoms with E-state index in [1.54, 1.807) is 0 Å². The minimum Gasteiger partial charge on any atom is -0.340 e. The molecule has 1 fully saturated rings. The van der Waals surface area contributed by atoms with Gasteiger partial charge >= 0.3 is 0 Å². The molecule has 0 aromatic heterocycles. The van der Waals surface area contributed by atoms with Crippen molar-refractivity contribution in [2.24, 2.45) is 11.7 Å². The molecule has 1 saturated heterocycles. The van der Waals surface area contributed by atoms with Gasteiger partial charge in [0.15, 0.2) is 0 Å². The van der Waals surface area contributed by atoms with Gasteiger partial charge in [-0.25, -0.2) is 0 Å². The van der Waals surface area contributed by atoms with Gasteiger partial charge in [0, 0.05) is 44.3 Å². The normalized spacial score (nSPS) is 15.7. The number of nitrogens with two attached hydrogens (primary N) is 1. The van der Waals surface area contributed by atoms with Gasteiger partial charge in [-0.15, -0.1) is 24.8 Å². The number of piperazine rings is 1. The Morgan fingerprint density at radius 3 is 2.25 bits per heavy atom. The second-order valence-corrected chi connectivity index (χ2v) is 5.65. The standard InChI is InChI=1S/C16H24N4O2.2ClH/c1-13(11-17)16(22)20-9-7-19(8-10-20)12-15(21)18-14-5-3-2-4-6-14;;/h2-6,13H,7-12,17H2,1H3,(H,18,21);2*1H. The average Bonchev–Trinajstić information content (AvgIpc) is 2.55. The molecule has 136 valence electrons. The third-order valence-corrected chi connectivity index (χ3v) is 3.88. The monoisotopic (exact) mass is 376 g/mol. The molecule has 1 heterocycles. The van der Waals surface area contributed by atoms with Gasteiger partial charge in [-0.2, -0.15) is 0 Å². The highest BCUT2D eigenvalue weighted by atomic mass is 35.5. The van der Waals surface area contributed by atoms with Crippen LogP contribution in [0, 0.1) is 5.92 Å². The summed E-state index contributed by atoms with van der Waals surface area (Å²) in [5, 5.41) is 2.87. The van der Waals surface area contributed by atoms with Crippen LogP contribution in [0.3, 0.4) is 0 Å². The molecular weight excluding hydrogens is 351 g/mol. The number of nitrogens with zero attached hydrogens (tertiary/aromatic N) is 2. The lowest BCUT2D eigenvalue weighted by atomic mass is 10.1. The number of carbonyl (C=O) groups is 2. The van der Waals surface area contributed by atoms with Gasteiger partial charge in [0.25, 0.3) is 0 Å². The van der Waals surface area contributed by atoms with Crippen LogP contribution in [0.5, 0.6) is 0 Å². The molecule has 1 unspecified atom stereocenters. The maximum atomic E-state index is 12.0. The first-order valence-electron chi connectivity index (χ1n) is 7.66. The third kappa shape index (κ3) is 6.65. The van der Waals surface area contributed by atoms with Crippen LogP contribution in [0.15, 0.2) is 30.3 Å². The lowest BCUT2D eigenvalue weighted by Crippen LogP contribution is -2.52. The van der Waals surface area contributed by atoms with Crippen molar-refractivity contribution in [3.63, 3.8) is 0 Å². The first-order valence-corrected chi connectivity index (χ1v) is 7.66. The van der Waals surface area contributed by atoms with E-state index in [2.05, 4.69) is 10.2 Å². The summed E-state index contributed by atoms with van der Waals surface area (Å²) in [6.07, 6.45) is 0. The van der Waals surface area contributed by atoms with Crippen LogP contribution in [0.25, 0.3) is 0 Å². The van der Waals surface area contributed by atoms with E-state index in [0.29, 0.717) is 39.3 Å². The number of anilines is 1. The molecule has 0 aliphatic carbocycles. The number of carbonyl (C=O) groups excluding carboxylic acids is 2. The Balaban J connectivity index is 0.00000264. The van der Waals surface area contributed by atoms with E-state index >= 15 is 0 Å². The highest BCUT2D eigenvalue weighted by molar-refractivity contribution is 5.92. The number of amides is 2. The number of halogens is 2. The quantitative estimate of drug-likeness (QED) is 0.809. The Morgan fingerprint density at radius 2 is 1.71 bits per heavy atom. The van der Waals surface area contributed by atoms with Crippen LogP contribution in [-0.2, 0) is 9.59 Å². The lowest BCUT2D eigenvalue weighted by Gasteiger charge is -2.35. The lowest BCUT2D eigenvalue weighted by molar-refractivity contribution is -0.136. The van der Waals surface area contributed by atoms with Crippen molar-refractivity contribution in [3.8, 4) is 0 Å². The molecule has 1 aromatic rings. The van der Waals surface area contributed by atoms with Crippen molar-refractivity contribution in [2.45, 2.75) is 6.92 Å². The van der Waals surface area contributed by atoms with Crippen LogP contribution < -0.4 is 11.1 Å². The number of hydrogen-bond donors (Lipinski definition) is 2. The number of hydrogen-bond acceptors (Lipinski definition) is 4. The Morgan fingerprint density at radius 1 is 1.12 bits per heavy atom. The summed E-state index contributed by atoms with van der Waals surface area (Å²) in [6, 6.07) is 9.41. The fourth-order valence-corrected chi connectivity index (χ4v) is 2.46. The van der Waals surface area contributed by atoms with Crippen molar-refractivity contribution in [3.05, 3.63) is 30.3 Å². The van der Waals surface area contributed by atoms with E-state index < -0.39 is 0 Å². The number of benzene rings is 1. The highest BCUT2D eigenvalue weighted by Gasteiger charge is 2.24. The molecule has 3 N–H and O–H groups in total. The van der Waals surface area contributed by atoms with Crippen LogP contribution in [-0.4, -0.2) is 60.9 Å². The summed E-state index contributed by atoms with van der Waals surface area (Å²) < 4.78 is 0. The fraction of sp³-hybridized carbons (Fsp3) is 0.500. The maximum absolute atomic E-state index is 12.0. The van der Waals surface area contributed by atoms with Gasteiger partial charge in [-0.3, -0.25) is 14.5 Å². The minimum atomic E-state index is -0.132. The van der Waals surface area contributed by atoms with E-state index in [0.717, 1.165) is 5.69 Å². The Bertz CT molecular complexity index is 508.